The summed E-state index contributed by atoms with van der Waals surface area (Å²) in [6, 6.07) is 10.7. The van der Waals surface area contributed by atoms with E-state index in [1.807, 2.05) is 0 Å². The molecular formula is C21H26F3N3O3. The number of unbranched alkanes of at least 4 members (excludes halogenated alkanes) is 2. The molecule has 0 saturated heterocycles. The first-order chi connectivity index (χ1) is 14.3. The minimum Gasteiger partial charge on any atom is -0.493 e. The average Bonchev–Trinajstić information content (AvgIpc) is 2.71. The Morgan fingerprint density at radius 3 is 2.33 bits per heavy atom. The summed E-state index contributed by atoms with van der Waals surface area (Å²) >= 11 is 0. The van der Waals surface area contributed by atoms with E-state index in [4.69, 9.17) is 9.47 Å². The van der Waals surface area contributed by atoms with Gasteiger partial charge in [0.1, 0.15) is 12.3 Å². The Morgan fingerprint density at radius 1 is 1.00 bits per heavy atom. The van der Waals surface area contributed by atoms with Crippen molar-refractivity contribution in [3.63, 3.8) is 0 Å². The highest BCUT2D eigenvalue weighted by Crippen LogP contribution is 2.34. The van der Waals surface area contributed by atoms with E-state index >= 15 is 0 Å². The molecule has 0 aliphatic carbocycles. The van der Waals surface area contributed by atoms with E-state index in [-0.39, 0.29) is 6.03 Å². The first kappa shape index (κ1) is 23.2. The number of rotatable bonds is 10. The molecule has 9 heteroatoms. The minimum absolute atomic E-state index is 0.302. The van der Waals surface area contributed by atoms with Crippen LogP contribution in [0.1, 0.15) is 26.2 Å². The maximum atomic E-state index is 12.3. The molecule has 3 N–H and O–H groups in total. The van der Waals surface area contributed by atoms with Crippen molar-refractivity contribution in [3.05, 3.63) is 42.5 Å². The summed E-state index contributed by atoms with van der Waals surface area (Å²) in [6.45, 7) is 1.59. The van der Waals surface area contributed by atoms with Crippen molar-refractivity contribution in [3.8, 4) is 17.2 Å². The van der Waals surface area contributed by atoms with Crippen LogP contribution in [0, 0.1) is 0 Å². The normalized spacial score (nSPS) is 11.0. The van der Waals surface area contributed by atoms with E-state index in [9.17, 15) is 18.0 Å². The van der Waals surface area contributed by atoms with Gasteiger partial charge >= 0.3 is 12.2 Å². The molecule has 164 valence electrons. The second kappa shape index (κ2) is 11.2. The van der Waals surface area contributed by atoms with Crippen molar-refractivity contribution in [1.29, 1.82) is 0 Å². The first-order valence-corrected chi connectivity index (χ1v) is 9.62. The third-order valence-corrected chi connectivity index (χ3v) is 4.06. The van der Waals surface area contributed by atoms with Crippen LogP contribution < -0.4 is 25.4 Å². The summed E-state index contributed by atoms with van der Waals surface area (Å²) in [4.78, 5) is 11.9. The summed E-state index contributed by atoms with van der Waals surface area (Å²) in [7, 11) is 1.47. The van der Waals surface area contributed by atoms with Crippen molar-refractivity contribution < 1.29 is 27.4 Å². The van der Waals surface area contributed by atoms with Crippen LogP contribution in [-0.2, 0) is 0 Å². The lowest BCUT2D eigenvalue weighted by Gasteiger charge is -2.14. The fourth-order valence-corrected chi connectivity index (χ4v) is 2.55. The van der Waals surface area contributed by atoms with Gasteiger partial charge in [0, 0.05) is 24.0 Å². The van der Waals surface area contributed by atoms with Gasteiger partial charge in [0.25, 0.3) is 0 Å². The molecule has 0 unspecified atom stereocenters. The number of hydrogen-bond donors (Lipinski definition) is 3. The smallest absolute Gasteiger partial charge is 0.405 e. The lowest BCUT2D eigenvalue weighted by atomic mass is 10.2. The SMILES string of the molecule is CCCCCNC(=O)Nc1ccc(Oc2ccc(NCC(F)(F)F)cc2)c(OC)c1. The summed E-state index contributed by atoms with van der Waals surface area (Å²) in [6.07, 6.45) is -1.23. The number of benzene rings is 2. The number of nitrogens with one attached hydrogen (secondary N) is 3. The Balaban J connectivity index is 1.95. The monoisotopic (exact) mass is 425 g/mol. The molecule has 0 fully saturated rings. The van der Waals surface area contributed by atoms with E-state index in [0.29, 0.717) is 35.2 Å². The van der Waals surface area contributed by atoms with E-state index in [1.165, 1.54) is 19.2 Å². The largest absolute Gasteiger partial charge is 0.493 e. The molecule has 0 aliphatic heterocycles. The number of urea groups is 1. The molecule has 30 heavy (non-hydrogen) atoms. The van der Waals surface area contributed by atoms with Crippen LogP contribution in [0.15, 0.2) is 42.5 Å². The third-order valence-electron chi connectivity index (χ3n) is 4.06. The topological polar surface area (TPSA) is 71.6 Å². The predicted octanol–water partition coefficient (Wildman–Crippen LogP) is 5.77. The average molecular weight is 425 g/mol. The Bertz CT molecular complexity index is 811. The number of halogens is 3. The van der Waals surface area contributed by atoms with Crippen LogP contribution >= 0.6 is 0 Å². The lowest BCUT2D eigenvalue weighted by Crippen LogP contribution is -2.29. The number of alkyl halides is 3. The highest BCUT2D eigenvalue weighted by atomic mass is 19.4. The molecule has 0 atom stereocenters. The summed E-state index contributed by atoms with van der Waals surface area (Å²) in [5.74, 6) is 1.24. The van der Waals surface area contributed by atoms with Crippen LogP contribution in [0.25, 0.3) is 0 Å². The van der Waals surface area contributed by atoms with Gasteiger partial charge < -0.3 is 25.4 Å². The van der Waals surface area contributed by atoms with Gasteiger partial charge in [-0.3, -0.25) is 0 Å². The molecule has 2 rings (SSSR count). The van der Waals surface area contributed by atoms with E-state index in [1.54, 1.807) is 30.3 Å². The van der Waals surface area contributed by atoms with Crippen molar-refractivity contribution in [1.82, 2.24) is 5.32 Å². The van der Waals surface area contributed by atoms with E-state index in [2.05, 4.69) is 22.9 Å². The van der Waals surface area contributed by atoms with Crippen LogP contribution in [0.4, 0.5) is 29.3 Å². The molecule has 2 aromatic rings. The second-order valence-corrected chi connectivity index (χ2v) is 6.55. The molecule has 6 nitrogen and oxygen atoms in total. The van der Waals surface area contributed by atoms with Crippen molar-refractivity contribution >= 4 is 17.4 Å². The number of carbonyl (C=O) groups excluding carboxylic acids is 1. The minimum atomic E-state index is -4.29. The zero-order chi connectivity index (χ0) is 22.0. The molecule has 0 radical (unpaired) electrons. The quantitative estimate of drug-likeness (QED) is 0.423. The van der Waals surface area contributed by atoms with Gasteiger partial charge in [0.05, 0.1) is 7.11 Å². The molecule has 0 bridgehead atoms. The summed E-state index contributed by atoms with van der Waals surface area (Å²) in [5, 5.41) is 7.81. The van der Waals surface area contributed by atoms with Gasteiger partial charge in [0.2, 0.25) is 0 Å². The number of anilines is 2. The summed E-state index contributed by atoms with van der Waals surface area (Å²) in [5.41, 5.74) is 0.870. The Hall–Kier alpha value is -3.10. The van der Waals surface area contributed by atoms with Crippen LogP contribution in [0.3, 0.4) is 0 Å². The van der Waals surface area contributed by atoms with Gasteiger partial charge in [-0.15, -0.1) is 0 Å². The Kier molecular flexibility index (Phi) is 8.64. The van der Waals surface area contributed by atoms with Crippen molar-refractivity contribution in [2.24, 2.45) is 0 Å². The standard InChI is InChI=1S/C21H26F3N3O3/c1-3-4-5-12-25-20(28)27-16-8-11-18(19(13-16)29-2)30-17-9-6-15(7-10-17)26-14-21(22,23)24/h6-11,13,26H,3-5,12,14H2,1-2H3,(H2,25,27,28). The van der Waals surface area contributed by atoms with Crippen molar-refractivity contribution in [2.45, 2.75) is 32.4 Å². The van der Waals surface area contributed by atoms with Crippen molar-refractivity contribution in [2.75, 3.05) is 30.8 Å². The number of amides is 2. The molecule has 0 spiro atoms. The number of ether oxygens (including phenoxy) is 2. The molecule has 0 heterocycles. The fourth-order valence-electron chi connectivity index (χ4n) is 2.55. The zero-order valence-corrected chi connectivity index (χ0v) is 16.9. The molecule has 2 amide bonds. The Labute approximate surface area is 173 Å². The maximum Gasteiger partial charge on any atom is 0.405 e. The first-order valence-electron chi connectivity index (χ1n) is 9.62. The molecule has 0 aliphatic rings. The van der Waals surface area contributed by atoms with Crippen LogP contribution in [0.2, 0.25) is 0 Å². The summed E-state index contributed by atoms with van der Waals surface area (Å²) < 4.78 is 47.9. The second-order valence-electron chi connectivity index (χ2n) is 6.55. The molecule has 0 aromatic heterocycles. The highest BCUT2D eigenvalue weighted by molar-refractivity contribution is 5.89. The fraction of sp³-hybridized carbons (Fsp3) is 0.381. The zero-order valence-electron chi connectivity index (χ0n) is 16.9. The van der Waals surface area contributed by atoms with E-state index < -0.39 is 12.7 Å². The van der Waals surface area contributed by atoms with E-state index in [0.717, 1.165) is 19.3 Å². The van der Waals surface area contributed by atoms with Gasteiger partial charge in [-0.1, -0.05) is 19.8 Å². The number of methoxy groups -OCH3 is 1. The van der Waals surface area contributed by atoms with Crippen LogP contribution in [0.5, 0.6) is 17.2 Å². The highest BCUT2D eigenvalue weighted by Gasteiger charge is 2.26. The number of carbonyl (C=O) groups is 1. The number of hydrogen-bond acceptors (Lipinski definition) is 4. The Morgan fingerprint density at radius 2 is 1.70 bits per heavy atom. The molecule has 0 saturated carbocycles. The maximum absolute atomic E-state index is 12.3. The predicted molar refractivity (Wildman–Crippen MR) is 111 cm³/mol. The lowest BCUT2D eigenvalue weighted by molar-refractivity contribution is -0.115. The van der Waals surface area contributed by atoms with Gasteiger partial charge in [-0.05, 0) is 42.8 Å². The van der Waals surface area contributed by atoms with Crippen LogP contribution in [-0.4, -0.2) is 32.4 Å². The van der Waals surface area contributed by atoms with Gasteiger partial charge in [0.15, 0.2) is 11.5 Å². The molecule has 2 aromatic carbocycles. The van der Waals surface area contributed by atoms with Gasteiger partial charge in [-0.2, -0.15) is 13.2 Å². The third kappa shape index (κ3) is 8.10. The van der Waals surface area contributed by atoms with Gasteiger partial charge in [-0.25, -0.2) is 4.79 Å². The molecular weight excluding hydrogens is 399 g/mol.